The number of thiophene rings is 1. The fourth-order valence-corrected chi connectivity index (χ4v) is 6.49. The molecule has 0 saturated carbocycles. The van der Waals surface area contributed by atoms with Gasteiger partial charge in [-0.05, 0) is 55.1 Å². The van der Waals surface area contributed by atoms with Gasteiger partial charge in [0.2, 0.25) is 0 Å². The molecule has 1 unspecified atom stereocenters. The first-order valence-corrected chi connectivity index (χ1v) is 11.2. The molecular formula is C25H27NOS. The minimum Gasteiger partial charge on any atom is -0.294 e. The van der Waals surface area contributed by atoms with E-state index in [0.29, 0.717) is 6.42 Å². The number of ketones is 1. The third-order valence-corrected chi connectivity index (χ3v) is 7.54. The molecule has 28 heavy (non-hydrogen) atoms. The van der Waals surface area contributed by atoms with E-state index in [9.17, 15) is 4.79 Å². The normalized spacial score (nSPS) is 20.9. The fraction of sp³-hybridized carbons (Fsp3) is 0.440. The smallest absolute Gasteiger partial charge is 0.165 e. The summed E-state index contributed by atoms with van der Waals surface area (Å²) in [6.07, 6.45) is 4.96. The number of hydrogen-bond acceptors (Lipinski definition) is 3. The van der Waals surface area contributed by atoms with Crippen LogP contribution < -0.4 is 0 Å². The standard InChI is InChI=1S/C25H27NOS/c1-14-6-5-7-16(10-14)21-22-17-9-8-15(2)11-20(17)28-24(22)26-18-12-25(3,4)13-19(27)23(18)21/h5-7,10,15H,8-9,11-13H2,1-4H3. The van der Waals surface area contributed by atoms with Crippen molar-refractivity contribution < 1.29 is 4.79 Å². The van der Waals surface area contributed by atoms with Gasteiger partial charge in [-0.3, -0.25) is 4.79 Å². The van der Waals surface area contributed by atoms with Crippen molar-refractivity contribution in [1.29, 1.82) is 0 Å². The van der Waals surface area contributed by atoms with Gasteiger partial charge < -0.3 is 0 Å². The summed E-state index contributed by atoms with van der Waals surface area (Å²) in [5.74, 6) is 0.999. The van der Waals surface area contributed by atoms with Crippen LogP contribution in [0.2, 0.25) is 0 Å². The van der Waals surface area contributed by atoms with Crippen molar-refractivity contribution in [3.63, 3.8) is 0 Å². The molecule has 0 saturated heterocycles. The van der Waals surface area contributed by atoms with E-state index in [0.717, 1.165) is 46.8 Å². The predicted octanol–water partition coefficient (Wildman–Crippen LogP) is 6.55. The molecule has 0 bridgehead atoms. The Balaban J connectivity index is 1.88. The van der Waals surface area contributed by atoms with Crippen LogP contribution in [0.5, 0.6) is 0 Å². The Morgan fingerprint density at radius 2 is 2.00 bits per heavy atom. The van der Waals surface area contributed by atoms with Gasteiger partial charge in [0.05, 0.1) is 5.69 Å². The molecular weight excluding hydrogens is 362 g/mol. The highest BCUT2D eigenvalue weighted by Crippen LogP contribution is 2.47. The van der Waals surface area contributed by atoms with Gasteiger partial charge in [0.15, 0.2) is 5.78 Å². The Hall–Kier alpha value is -2.00. The summed E-state index contributed by atoms with van der Waals surface area (Å²) in [5.41, 5.74) is 6.93. The number of fused-ring (bicyclic) bond motifs is 4. The highest BCUT2D eigenvalue weighted by Gasteiger charge is 2.36. The van der Waals surface area contributed by atoms with Crippen LogP contribution in [-0.2, 0) is 19.3 Å². The molecule has 2 nitrogen and oxygen atoms in total. The number of nitrogens with zero attached hydrogens (tertiary/aromatic N) is 1. The summed E-state index contributed by atoms with van der Waals surface area (Å²) in [5, 5.41) is 1.27. The van der Waals surface area contributed by atoms with Crippen molar-refractivity contribution in [3.05, 3.63) is 51.5 Å². The average molecular weight is 390 g/mol. The van der Waals surface area contributed by atoms with Gasteiger partial charge in [-0.15, -0.1) is 11.3 Å². The van der Waals surface area contributed by atoms with Crippen molar-refractivity contribution in [2.45, 2.75) is 59.8 Å². The number of rotatable bonds is 1. The monoisotopic (exact) mass is 389 g/mol. The van der Waals surface area contributed by atoms with Crippen molar-refractivity contribution in [1.82, 2.24) is 4.98 Å². The zero-order valence-electron chi connectivity index (χ0n) is 17.2. The molecule has 2 aliphatic carbocycles. The quantitative estimate of drug-likeness (QED) is 0.472. The molecule has 0 spiro atoms. The van der Waals surface area contributed by atoms with Gasteiger partial charge >= 0.3 is 0 Å². The van der Waals surface area contributed by atoms with Gasteiger partial charge in [0.1, 0.15) is 4.83 Å². The molecule has 3 heteroatoms. The maximum atomic E-state index is 13.3. The van der Waals surface area contributed by atoms with Gasteiger partial charge in [0, 0.05) is 27.8 Å². The van der Waals surface area contributed by atoms with Gasteiger partial charge in [-0.1, -0.05) is 50.6 Å². The summed E-state index contributed by atoms with van der Waals surface area (Å²) in [6, 6.07) is 8.65. The first kappa shape index (κ1) is 18.1. The van der Waals surface area contributed by atoms with E-state index in [-0.39, 0.29) is 11.2 Å². The lowest BCUT2D eigenvalue weighted by molar-refractivity contribution is 0.0911. The molecule has 1 aromatic carbocycles. The SMILES string of the molecule is Cc1cccc(-c2c3c(nc4sc5c(c24)CCC(C)C5)CC(C)(C)CC3=O)c1. The summed E-state index contributed by atoms with van der Waals surface area (Å²) < 4.78 is 0. The predicted molar refractivity (Wildman–Crippen MR) is 117 cm³/mol. The van der Waals surface area contributed by atoms with E-state index in [1.165, 1.54) is 33.4 Å². The van der Waals surface area contributed by atoms with Crippen LogP contribution in [0.3, 0.4) is 0 Å². The van der Waals surface area contributed by atoms with Crippen LogP contribution in [0.1, 0.15) is 65.7 Å². The lowest BCUT2D eigenvalue weighted by Crippen LogP contribution is -2.28. The van der Waals surface area contributed by atoms with E-state index in [1.807, 2.05) is 11.3 Å². The van der Waals surface area contributed by atoms with Gasteiger partial charge in [-0.25, -0.2) is 4.98 Å². The third-order valence-electron chi connectivity index (χ3n) is 6.39. The van der Waals surface area contributed by atoms with Crippen molar-refractivity contribution in [3.8, 4) is 11.1 Å². The lowest BCUT2D eigenvalue weighted by atomic mass is 9.73. The largest absolute Gasteiger partial charge is 0.294 e. The van der Waals surface area contributed by atoms with Crippen molar-refractivity contribution in [2.24, 2.45) is 11.3 Å². The van der Waals surface area contributed by atoms with E-state index in [4.69, 9.17) is 4.98 Å². The second-order valence-corrected chi connectivity index (χ2v) is 10.7. The number of Topliss-reactive ketones (excluding diaryl/α,β-unsaturated/α-hetero) is 1. The molecule has 2 aromatic heterocycles. The van der Waals surface area contributed by atoms with Crippen LogP contribution in [-0.4, -0.2) is 10.8 Å². The Morgan fingerprint density at radius 3 is 2.79 bits per heavy atom. The topological polar surface area (TPSA) is 30.0 Å². The number of carbonyl (C=O) groups excluding carboxylic acids is 1. The maximum Gasteiger partial charge on any atom is 0.165 e. The third kappa shape index (κ3) is 2.83. The molecule has 2 aliphatic rings. The van der Waals surface area contributed by atoms with Crippen LogP contribution >= 0.6 is 11.3 Å². The second-order valence-electron chi connectivity index (χ2n) is 9.65. The number of hydrogen-bond donors (Lipinski definition) is 0. The minimum absolute atomic E-state index is 0.0139. The molecule has 1 atom stereocenters. The summed E-state index contributed by atoms with van der Waals surface area (Å²) in [7, 11) is 0. The summed E-state index contributed by atoms with van der Waals surface area (Å²) in [4.78, 5) is 21.1. The molecule has 0 radical (unpaired) electrons. The second kappa shape index (κ2) is 6.25. The summed E-state index contributed by atoms with van der Waals surface area (Å²) in [6.45, 7) is 8.85. The molecule has 0 aliphatic heterocycles. The van der Waals surface area contributed by atoms with Crippen LogP contribution in [0, 0.1) is 18.3 Å². The highest BCUT2D eigenvalue weighted by molar-refractivity contribution is 7.19. The van der Waals surface area contributed by atoms with Gasteiger partial charge in [0.25, 0.3) is 0 Å². The average Bonchev–Trinajstić information content (AvgIpc) is 2.95. The first-order valence-electron chi connectivity index (χ1n) is 10.4. The number of aryl methyl sites for hydroxylation is 2. The van der Waals surface area contributed by atoms with Crippen molar-refractivity contribution >= 4 is 27.3 Å². The number of pyridine rings is 1. The first-order chi connectivity index (χ1) is 13.3. The van der Waals surface area contributed by atoms with Crippen LogP contribution in [0.25, 0.3) is 21.3 Å². The Bertz CT molecular complexity index is 1120. The fourth-order valence-electron chi connectivity index (χ4n) is 5.08. The number of aromatic nitrogens is 1. The minimum atomic E-state index is -0.0139. The Morgan fingerprint density at radius 1 is 1.18 bits per heavy atom. The maximum absolute atomic E-state index is 13.3. The molecule has 3 aromatic rings. The molecule has 0 amide bonds. The lowest BCUT2D eigenvalue weighted by Gasteiger charge is -2.31. The zero-order valence-corrected chi connectivity index (χ0v) is 18.0. The van der Waals surface area contributed by atoms with E-state index in [2.05, 4.69) is 52.0 Å². The van der Waals surface area contributed by atoms with E-state index >= 15 is 0 Å². The number of benzene rings is 1. The molecule has 2 heterocycles. The molecule has 144 valence electrons. The Kier molecular flexibility index (Phi) is 4.03. The van der Waals surface area contributed by atoms with Crippen LogP contribution in [0.4, 0.5) is 0 Å². The highest BCUT2D eigenvalue weighted by atomic mass is 32.1. The molecule has 5 rings (SSSR count). The van der Waals surface area contributed by atoms with Crippen LogP contribution in [0.15, 0.2) is 24.3 Å². The van der Waals surface area contributed by atoms with Gasteiger partial charge in [-0.2, -0.15) is 0 Å². The Labute approximate surface area is 171 Å². The van der Waals surface area contributed by atoms with Crippen molar-refractivity contribution in [2.75, 3.05) is 0 Å². The summed E-state index contributed by atoms with van der Waals surface area (Å²) >= 11 is 1.87. The van der Waals surface area contributed by atoms with E-state index in [1.54, 1.807) is 0 Å². The molecule has 0 N–H and O–H groups in total. The number of carbonyl (C=O) groups is 1. The molecule has 0 fully saturated rings. The van der Waals surface area contributed by atoms with E-state index < -0.39 is 0 Å². The zero-order chi connectivity index (χ0) is 19.6.